The highest BCUT2D eigenvalue weighted by atomic mass is 19.4. The molecule has 0 aliphatic rings. The molecule has 2 aromatic rings. The van der Waals surface area contributed by atoms with Crippen LogP contribution in [-0.2, 0) is 17.5 Å². The minimum Gasteiger partial charge on any atom is -0.390 e. The van der Waals surface area contributed by atoms with Gasteiger partial charge in [0.05, 0.1) is 11.3 Å². The number of benzene rings is 1. The van der Waals surface area contributed by atoms with Gasteiger partial charge in [-0.2, -0.15) is 17.9 Å². The molecular formula is C11H8F3N5O3. The molecule has 0 radical (unpaired) electrons. The van der Waals surface area contributed by atoms with Crippen molar-refractivity contribution in [3.63, 3.8) is 0 Å². The van der Waals surface area contributed by atoms with Crippen LogP contribution >= 0.6 is 0 Å². The van der Waals surface area contributed by atoms with E-state index in [0.29, 0.717) is 0 Å². The van der Waals surface area contributed by atoms with Gasteiger partial charge in [0, 0.05) is 5.10 Å². The van der Waals surface area contributed by atoms with E-state index >= 15 is 0 Å². The number of alkyl halides is 3. The van der Waals surface area contributed by atoms with Crippen molar-refractivity contribution in [1.29, 1.82) is 0 Å². The Hall–Kier alpha value is -2.98. The van der Waals surface area contributed by atoms with Crippen LogP contribution in [0.1, 0.15) is 5.56 Å². The third-order valence-corrected chi connectivity index (χ3v) is 2.50. The highest BCUT2D eigenvalue weighted by molar-refractivity contribution is 5.91. The van der Waals surface area contributed by atoms with Crippen molar-refractivity contribution in [3.8, 4) is 0 Å². The second-order valence-electron chi connectivity index (χ2n) is 4.09. The van der Waals surface area contributed by atoms with Crippen LogP contribution in [0.2, 0.25) is 0 Å². The van der Waals surface area contributed by atoms with Crippen molar-refractivity contribution in [2.75, 3.05) is 5.32 Å². The Morgan fingerprint density at radius 1 is 1.36 bits per heavy atom. The van der Waals surface area contributed by atoms with Crippen LogP contribution in [0.25, 0.3) is 0 Å². The van der Waals surface area contributed by atoms with E-state index in [1.807, 2.05) is 0 Å². The molecule has 1 N–H and O–H groups in total. The first-order valence-electron chi connectivity index (χ1n) is 5.77. The number of para-hydroxylation sites is 1. The fraction of sp³-hybridized carbons (Fsp3) is 0.182. The van der Waals surface area contributed by atoms with Gasteiger partial charge in [-0.3, -0.25) is 4.79 Å². The number of amides is 1. The molecule has 0 spiro atoms. The third-order valence-electron chi connectivity index (χ3n) is 2.50. The summed E-state index contributed by atoms with van der Waals surface area (Å²) in [6.07, 6.45) is -3.68. The summed E-state index contributed by atoms with van der Waals surface area (Å²) in [6, 6.07) is 4.46. The molecule has 1 aromatic carbocycles. The van der Waals surface area contributed by atoms with Crippen LogP contribution in [0.3, 0.4) is 0 Å². The first-order valence-corrected chi connectivity index (χ1v) is 5.77. The molecule has 0 bridgehead atoms. The minimum absolute atomic E-state index is 0.408. The average molecular weight is 315 g/mol. The number of carbonyl (C=O) groups is 1. The molecule has 0 fully saturated rings. The van der Waals surface area contributed by atoms with E-state index in [4.69, 9.17) is 0 Å². The van der Waals surface area contributed by atoms with E-state index in [-0.39, 0.29) is 0 Å². The number of hydrogen-bond acceptors (Lipinski definition) is 5. The van der Waals surface area contributed by atoms with Crippen molar-refractivity contribution >= 4 is 17.5 Å². The monoisotopic (exact) mass is 315 g/mol. The maximum absolute atomic E-state index is 12.8. The number of nitrogens with zero attached hydrogens (tertiary/aromatic N) is 4. The summed E-state index contributed by atoms with van der Waals surface area (Å²) in [5.74, 6) is -1.53. The molecule has 0 aliphatic carbocycles. The summed E-state index contributed by atoms with van der Waals surface area (Å²) in [6.45, 7) is -0.507. The largest absolute Gasteiger partial charge is 0.490 e. The molecule has 8 nitrogen and oxygen atoms in total. The normalized spacial score (nSPS) is 11.2. The minimum atomic E-state index is -4.62. The number of carbonyl (C=O) groups excluding carboxylic acids is 1. The number of nitrogens with one attached hydrogen (secondary N) is 1. The first-order chi connectivity index (χ1) is 10.3. The van der Waals surface area contributed by atoms with Gasteiger partial charge in [0.25, 0.3) is 0 Å². The van der Waals surface area contributed by atoms with Gasteiger partial charge >= 0.3 is 12.1 Å². The molecular weight excluding hydrogens is 307 g/mol. The second-order valence-corrected chi connectivity index (χ2v) is 4.09. The molecule has 2 rings (SSSR count). The lowest BCUT2D eigenvalue weighted by molar-refractivity contribution is -0.394. The molecule has 22 heavy (non-hydrogen) atoms. The van der Waals surface area contributed by atoms with E-state index in [1.165, 1.54) is 12.1 Å². The van der Waals surface area contributed by atoms with E-state index < -0.39 is 40.8 Å². The standard InChI is InChI=1S/C11H8F3N5O3/c12-11(13,14)7-3-1-2-4-8(7)16-9(20)5-18-6-15-10(17-18)19(21)22/h1-4,6H,5H2,(H,16,20). The average Bonchev–Trinajstić information content (AvgIpc) is 2.86. The van der Waals surface area contributed by atoms with Gasteiger partial charge in [0.15, 0.2) is 0 Å². The van der Waals surface area contributed by atoms with E-state index in [9.17, 15) is 28.1 Å². The van der Waals surface area contributed by atoms with Crippen LogP contribution in [0.15, 0.2) is 30.6 Å². The maximum Gasteiger partial charge on any atom is 0.490 e. The molecule has 0 aliphatic heterocycles. The Bertz CT molecular complexity index is 713. The number of halogens is 3. The van der Waals surface area contributed by atoms with Gasteiger partial charge in [-0.05, 0) is 17.1 Å². The van der Waals surface area contributed by atoms with Crippen LogP contribution < -0.4 is 5.32 Å². The Balaban J connectivity index is 2.11. The third kappa shape index (κ3) is 3.56. The molecule has 0 atom stereocenters. The lowest BCUT2D eigenvalue weighted by Gasteiger charge is -2.12. The predicted octanol–water partition coefficient (Wildman–Crippen LogP) is 1.84. The summed E-state index contributed by atoms with van der Waals surface area (Å²) >= 11 is 0. The number of anilines is 1. The van der Waals surface area contributed by atoms with Crippen molar-refractivity contribution in [2.24, 2.45) is 0 Å². The SMILES string of the molecule is O=C(Cn1cnc([N+](=O)[O-])n1)Nc1ccccc1C(F)(F)F. The molecule has 0 unspecified atom stereocenters. The zero-order valence-corrected chi connectivity index (χ0v) is 10.7. The van der Waals surface area contributed by atoms with Crippen molar-refractivity contribution < 1.29 is 22.9 Å². The van der Waals surface area contributed by atoms with Crippen LogP contribution in [0.4, 0.5) is 24.8 Å². The number of hydrogen-bond donors (Lipinski definition) is 1. The molecule has 11 heteroatoms. The van der Waals surface area contributed by atoms with Crippen LogP contribution in [0, 0.1) is 10.1 Å². The van der Waals surface area contributed by atoms with E-state index in [1.54, 1.807) is 0 Å². The summed E-state index contributed by atoms with van der Waals surface area (Å²) in [4.78, 5) is 24.6. The van der Waals surface area contributed by atoms with Crippen LogP contribution in [-0.4, -0.2) is 25.6 Å². The summed E-state index contributed by atoms with van der Waals surface area (Å²) in [5, 5.41) is 15.9. The van der Waals surface area contributed by atoms with Crippen molar-refractivity contribution in [2.45, 2.75) is 12.7 Å². The molecule has 1 heterocycles. The van der Waals surface area contributed by atoms with Gasteiger partial charge < -0.3 is 15.4 Å². The number of rotatable bonds is 4. The second kappa shape index (κ2) is 5.79. The topological polar surface area (TPSA) is 103 Å². The van der Waals surface area contributed by atoms with Gasteiger partial charge in [-0.1, -0.05) is 17.1 Å². The zero-order valence-electron chi connectivity index (χ0n) is 10.7. The van der Waals surface area contributed by atoms with Crippen LogP contribution in [0.5, 0.6) is 0 Å². The lowest BCUT2D eigenvalue weighted by atomic mass is 10.1. The van der Waals surface area contributed by atoms with Gasteiger partial charge in [-0.15, -0.1) is 0 Å². The Morgan fingerprint density at radius 3 is 2.64 bits per heavy atom. The quantitative estimate of drug-likeness (QED) is 0.685. The Kier molecular flexibility index (Phi) is 4.06. The molecule has 0 saturated carbocycles. The first kappa shape index (κ1) is 15.4. The summed E-state index contributed by atoms with van der Waals surface area (Å²) in [7, 11) is 0. The van der Waals surface area contributed by atoms with E-state index in [2.05, 4.69) is 15.4 Å². The molecule has 0 saturated heterocycles. The lowest BCUT2D eigenvalue weighted by Crippen LogP contribution is -2.21. The molecule has 1 amide bonds. The smallest absolute Gasteiger partial charge is 0.390 e. The fourth-order valence-corrected chi connectivity index (χ4v) is 1.62. The summed E-state index contributed by atoms with van der Waals surface area (Å²) < 4.78 is 39.1. The molecule has 116 valence electrons. The van der Waals surface area contributed by atoms with Gasteiger partial charge in [0.2, 0.25) is 12.2 Å². The predicted molar refractivity (Wildman–Crippen MR) is 66.8 cm³/mol. The number of aromatic nitrogens is 3. The highest BCUT2D eigenvalue weighted by Crippen LogP contribution is 2.34. The van der Waals surface area contributed by atoms with Crippen molar-refractivity contribution in [3.05, 3.63) is 46.3 Å². The van der Waals surface area contributed by atoms with Gasteiger partial charge in [0.1, 0.15) is 6.54 Å². The van der Waals surface area contributed by atoms with E-state index in [0.717, 1.165) is 23.1 Å². The summed E-state index contributed by atoms with van der Waals surface area (Å²) in [5.41, 5.74) is -1.40. The highest BCUT2D eigenvalue weighted by Gasteiger charge is 2.33. The fourth-order valence-electron chi connectivity index (χ4n) is 1.62. The number of nitro groups is 1. The Labute approximate surface area is 120 Å². The maximum atomic E-state index is 12.8. The molecule has 1 aromatic heterocycles. The Morgan fingerprint density at radius 2 is 2.05 bits per heavy atom. The van der Waals surface area contributed by atoms with Crippen molar-refractivity contribution in [1.82, 2.24) is 14.8 Å². The zero-order chi connectivity index (χ0) is 16.3. The van der Waals surface area contributed by atoms with Gasteiger partial charge in [-0.25, -0.2) is 0 Å².